The summed E-state index contributed by atoms with van der Waals surface area (Å²) in [6.07, 6.45) is 3.77. The summed E-state index contributed by atoms with van der Waals surface area (Å²) in [4.78, 5) is 7.06. The van der Waals surface area contributed by atoms with Crippen LogP contribution < -0.4 is 4.90 Å². The number of hydrogen-bond donors (Lipinski definition) is 0. The average Bonchev–Trinajstić information content (AvgIpc) is 1.48. The molecule has 0 atom stereocenters. The van der Waals surface area contributed by atoms with Gasteiger partial charge in [-0.1, -0.05) is 244 Å². The summed E-state index contributed by atoms with van der Waals surface area (Å²) in [5.74, 6) is 0. The molecule has 0 fully saturated rings. The Kier molecular flexibility index (Phi) is 10.7. The second kappa shape index (κ2) is 19.4. The molecule has 3 aromatic heterocycles. The highest BCUT2D eigenvalue weighted by Gasteiger charge is 2.57. The zero-order chi connectivity index (χ0) is 64.3. The van der Waals surface area contributed by atoms with Crippen LogP contribution in [0.1, 0.15) is 69.5 Å². The van der Waals surface area contributed by atoms with E-state index in [2.05, 4.69) is 327 Å². The molecule has 0 bridgehead atoms. The summed E-state index contributed by atoms with van der Waals surface area (Å²) >= 11 is 0. The fourth-order valence-corrected chi connectivity index (χ4v) is 19.1. The van der Waals surface area contributed by atoms with Crippen molar-refractivity contribution in [2.45, 2.75) is 30.1 Å². The van der Waals surface area contributed by atoms with Crippen LogP contribution in [0.15, 0.2) is 325 Å². The van der Waals surface area contributed by atoms with Crippen LogP contribution in [-0.4, -0.2) is 4.98 Å². The number of para-hydroxylation sites is 3. The number of anilines is 3. The van der Waals surface area contributed by atoms with Gasteiger partial charge in [-0.25, -0.2) is 0 Å². The molecule has 5 aliphatic carbocycles. The Morgan fingerprint density at radius 3 is 1.33 bits per heavy atom. The highest BCUT2D eigenvalue weighted by molar-refractivity contribution is 6.20. The second-order valence-electron chi connectivity index (χ2n) is 27.8. The zero-order valence-electron chi connectivity index (χ0n) is 53.7. The van der Waals surface area contributed by atoms with Crippen LogP contribution in [-0.2, 0) is 16.2 Å². The number of hydrogen-bond acceptors (Lipinski definition) is 4. The van der Waals surface area contributed by atoms with Crippen molar-refractivity contribution < 1.29 is 8.83 Å². The number of benzene rings is 14. The molecule has 4 nitrogen and oxygen atoms in total. The lowest BCUT2D eigenvalue weighted by Crippen LogP contribution is -2.27. The number of fused-ring (bicyclic) bond motifs is 31. The van der Waals surface area contributed by atoms with Gasteiger partial charge in [-0.15, -0.1) is 0 Å². The van der Waals surface area contributed by atoms with Crippen LogP contribution in [0.25, 0.3) is 133 Å². The lowest BCUT2D eigenvalue weighted by atomic mass is 9.68. The van der Waals surface area contributed by atoms with E-state index in [1.165, 1.54) is 111 Å². The van der Waals surface area contributed by atoms with E-state index in [0.29, 0.717) is 0 Å². The molecule has 456 valence electrons. The molecular formula is C94H58N2O2. The van der Waals surface area contributed by atoms with Gasteiger partial charge < -0.3 is 13.7 Å². The number of rotatable bonds is 6. The molecule has 0 radical (unpaired) electrons. The maximum Gasteiger partial charge on any atom is 0.143 e. The van der Waals surface area contributed by atoms with Gasteiger partial charge in [0.1, 0.15) is 22.3 Å². The van der Waals surface area contributed by atoms with E-state index in [1.54, 1.807) is 0 Å². The Morgan fingerprint density at radius 1 is 0.276 bits per heavy atom. The first-order chi connectivity index (χ1) is 48.4. The molecular weight excluding hydrogens is 1190 g/mol. The first-order valence-electron chi connectivity index (χ1n) is 34.1. The SMILES string of the molecule is CC1(C)c2cc(N(c3ccc4c(c3)C3(c5ccccc5-c5ccccc53)c3cc5c(cc3-4)C3(c4ccccc4-c4ccccc43)c3ccc4oc6ccccc6c4c3-5)c3c(-c4ccccc4)cccc3-c3ccccc3)ccc2-c2c1cc(-c1ccncc1)c1oc3ccccc3c21. The van der Waals surface area contributed by atoms with Gasteiger partial charge in [0.2, 0.25) is 0 Å². The summed E-state index contributed by atoms with van der Waals surface area (Å²) in [6.45, 7) is 4.83. The van der Waals surface area contributed by atoms with Crippen LogP contribution in [0.3, 0.4) is 0 Å². The van der Waals surface area contributed by atoms with Gasteiger partial charge in [0.25, 0.3) is 0 Å². The molecule has 0 saturated heterocycles. The monoisotopic (exact) mass is 1250 g/mol. The number of pyridine rings is 1. The van der Waals surface area contributed by atoms with Crippen LogP contribution in [0.5, 0.6) is 0 Å². The van der Waals surface area contributed by atoms with Gasteiger partial charge in [0.05, 0.1) is 16.5 Å². The van der Waals surface area contributed by atoms with Crippen LogP contribution in [0.2, 0.25) is 0 Å². The van der Waals surface area contributed by atoms with E-state index < -0.39 is 16.2 Å². The predicted molar refractivity (Wildman–Crippen MR) is 400 cm³/mol. The van der Waals surface area contributed by atoms with Gasteiger partial charge in [0, 0.05) is 67.4 Å². The normalized spacial score (nSPS) is 14.5. The Labute approximate surface area is 566 Å². The summed E-state index contributed by atoms with van der Waals surface area (Å²) in [7, 11) is 0. The van der Waals surface area contributed by atoms with Gasteiger partial charge in [-0.05, 0) is 201 Å². The van der Waals surface area contributed by atoms with E-state index in [0.717, 1.165) is 94.3 Å². The van der Waals surface area contributed by atoms with Crippen molar-refractivity contribution in [3.63, 3.8) is 0 Å². The number of aromatic nitrogens is 1. The smallest absolute Gasteiger partial charge is 0.143 e. The summed E-state index contributed by atoms with van der Waals surface area (Å²) < 4.78 is 13.9. The fourth-order valence-electron chi connectivity index (χ4n) is 19.1. The molecule has 3 heterocycles. The zero-order valence-corrected chi connectivity index (χ0v) is 53.7. The molecule has 2 spiro atoms. The topological polar surface area (TPSA) is 42.4 Å². The third-order valence-electron chi connectivity index (χ3n) is 23.0. The standard InChI is InChI=1S/C94H58N2O2/c1-92(2)78-50-58(41-43-67(78)86-82(92)52-70(57-46-48-95-49-47-57)91-89(86)69-31-14-20-39-84(69)98-91)96(90-60(55-22-5-3-6-23-55)32-21-33-61(90)56-24-7-4-8-25-56)59-40-42-66-71-53-81-72(54-80(71)94(79(66)51-59)75-36-17-11-28-64(75)65-29-12-18-37-76(65)94)87-77(44-45-85-88(87)68-30-13-19-38-83(68)97-85)93(81)73-34-15-9-26-62(73)63-27-10-16-35-74(63)93/h3-54H,1-2H3. The summed E-state index contributed by atoms with van der Waals surface area (Å²) in [5, 5.41) is 4.55. The summed E-state index contributed by atoms with van der Waals surface area (Å²) in [5.41, 5.74) is 37.1. The third kappa shape index (κ3) is 6.76. The number of nitrogens with zero attached hydrogens (tertiary/aromatic N) is 2. The van der Waals surface area contributed by atoms with Crippen LogP contribution in [0, 0.1) is 0 Å². The molecule has 0 unspecified atom stereocenters. The second-order valence-corrected chi connectivity index (χ2v) is 27.8. The van der Waals surface area contributed by atoms with E-state index in [-0.39, 0.29) is 0 Å². The predicted octanol–water partition coefficient (Wildman–Crippen LogP) is 24.3. The molecule has 98 heavy (non-hydrogen) atoms. The van der Waals surface area contributed by atoms with E-state index >= 15 is 0 Å². The van der Waals surface area contributed by atoms with Crippen molar-refractivity contribution in [2.24, 2.45) is 0 Å². The molecule has 0 N–H and O–H groups in total. The van der Waals surface area contributed by atoms with E-state index in [4.69, 9.17) is 8.83 Å². The highest BCUT2D eigenvalue weighted by Crippen LogP contribution is 2.70. The van der Waals surface area contributed by atoms with E-state index in [1.807, 2.05) is 12.4 Å². The minimum atomic E-state index is -0.740. The van der Waals surface area contributed by atoms with E-state index in [9.17, 15) is 0 Å². The Balaban J connectivity index is 0.847. The lowest BCUT2D eigenvalue weighted by Gasteiger charge is -2.34. The molecule has 4 heteroatoms. The molecule has 0 aliphatic heterocycles. The molecule has 0 saturated carbocycles. The van der Waals surface area contributed by atoms with Gasteiger partial charge in [-0.3, -0.25) is 4.98 Å². The van der Waals surface area contributed by atoms with Crippen LogP contribution in [0.4, 0.5) is 17.1 Å². The number of furan rings is 2. The largest absolute Gasteiger partial charge is 0.456 e. The van der Waals surface area contributed by atoms with Crippen molar-refractivity contribution in [3.8, 4) is 89.0 Å². The quantitative estimate of drug-likeness (QED) is 0.166. The maximum absolute atomic E-state index is 6.97. The van der Waals surface area contributed by atoms with Gasteiger partial charge in [0.15, 0.2) is 0 Å². The minimum absolute atomic E-state index is 0.437. The maximum atomic E-state index is 6.97. The van der Waals surface area contributed by atoms with Crippen molar-refractivity contribution >= 4 is 60.9 Å². The molecule has 5 aliphatic rings. The van der Waals surface area contributed by atoms with Crippen molar-refractivity contribution in [2.75, 3.05) is 4.90 Å². The molecule has 0 amide bonds. The molecule has 14 aromatic carbocycles. The Bertz CT molecular complexity index is 6200. The molecule has 22 rings (SSSR count). The van der Waals surface area contributed by atoms with Crippen LogP contribution >= 0.6 is 0 Å². The first-order valence-corrected chi connectivity index (χ1v) is 34.1. The van der Waals surface area contributed by atoms with Gasteiger partial charge in [-0.2, -0.15) is 0 Å². The summed E-state index contributed by atoms with van der Waals surface area (Å²) in [6, 6.07) is 114. The lowest BCUT2D eigenvalue weighted by molar-refractivity contribution is 0.657. The van der Waals surface area contributed by atoms with Crippen molar-refractivity contribution in [3.05, 3.63) is 371 Å². The van der Waals surface area contributed by atoms with Crippen molar-refractivity contribution in [1.29, 1.82) is 0 Å². The fraction of sp³-hybridized carbons (Fsp3) is 0.0532. The Hall–Kier alpha value is -12.4. The average molecular weight is 1250 g/mol. The van der Waals surface area contributed by atoms with Gasteiger partial charge >= 0.3 is 0 Å². The Morgan fingerprint density at radius 2 is 0.714 bits per heavy atom. The minimum Gasteiger partial charge on any atom is -0.456 e. The van der Waals surface area contributed by atoms with Crippen molar-refractivity contribution in [1.82, 2.24) is 4.98 Å². The highest BCUT2D eigenvalue weighted by atomic mass is 16.3. The first kappa shape index (κ1) is 53.9. The third-order valence-corrected chi connectivity index (χ3v) is 23.0. The molecule has 17 aromatic rings.